The molecule has 102 valence electrons. The third-order valence-corrected chi connectivity index (χ3v) is 3.16. The van der Waals surface area contributed by atoms with Crippen molar-refractivity contribution in [3.8, 4) is 0 Å². The van der Waals surface area contributed by atoms with Gasteiger partial charge in [0.1, 0.15) is 6.04 Å². The second-order valence-corrected chi connectivity index (χ2v) is 4.31. The Morgan fingerprint density at radius 1 is 1.47 bits per heavy atom. The van der Waals surface area contributed by atoms with Gasteiger partial charge in [-0.25, -0.2) is 8.78 Å². The van der Waals surface area contributed by atoms with Crippen molar-refractivity contribution in [2.75, 3.05) is 13.1 Å². The summed E-state index contributed by atoms with van der Waals surface area (Å²) in [5, 5.41) is 2.64. The summed E-state index contributed by atoms with van der Waals surface area (Å²) in [4.78, 5) is 25.2. The summed E-state index contributed by atoms with van der Waals surface area (Å²) >= 11 is 0. The first kappa shape index (κ1) is 13.5. The van der Waals surface area contributed by atoms with Gasteiger partial charge in [0.2, 0.25) is 5.91 Å². The molecule has 4 nitrogen and oxygen atoms in total. The van der Waals surface area contributed by atoms with Gasteiger partial charge < -0.3 is 10.2 Å². The van der Waals surface area contributed by atoms with Crippen LogP contribution < -0.4 is 5.32 Å². The number of amides is 2. The van der Waals surface area contributed by atoms with Crippen molar-refractivity contribution in [3.63, 3.8) is 0 Å². The van der Waals surface area contributed by atoms with Gasteiger partial charge >= 0.3 is 0 Å². The minimum atomic E-state index is -1.17. The SMILES string of the molecule is CCC1C(=O)NCCN1C(=O)c1cccc(F)c1F. The molecule has 0 aliphatic carbocycles. The number of nitrogens with one attached hydrogen (secondary N) is 1. The minimum absolute atomic E-state index is 0.265. The van der Waals surface area contributed by atoms with Gasteiger partial charge in [-0.05, 0) is 18.6 Å². The van der Waals surface area contributed by atoms with E-state index in [1.54, 1.807) is 6.92 Å². The average molecular weight is 268 g/mol. The van der Waals surface area contributed by atoms with Crippen LogP contribution in [0.1, 0.15) is 23.7 Å². The predicted octanol–water partition coefficient (Wildman–Crippen LogP) is 1.32. The van der Waals surface area contributed by atoms with Crippen molar-refractivity contribution in [2.45, 2.75) is 19.4 Å². The number of hydrogen-bond acceptors (Lipinski definition) is 2. The summed E-state index contributed by atoms with van der Waals surface area (Å²) in [6.45, 7) is 2.37. The standard InChI is InChI=1S/C13H14F2N2O2/c1-2-10-12(18)16-6-7-17(10)13(19)8-4-3-5-9(14)11(8)15/h3-5,10H,2,6-7H2,1H3,(H,16,18). The number of hydrogen-bond donors (Lipinski definition) is 1. The van der Waals surface area contributed by atoms with Gasteiger partial charge in [0.15, 0.2) is 11.6 Å². The molecule has 1 unspecified atom stereocenters. The molecule has 1 aliphatic heterocycles. The zero-order valence-corrected chi connectivity index (χ0v) is 10.5. The van der Waals surface area contributed by atoms with E-state index in [1.165, 1.54) is 17.0 Å². The number of piperazine rings is 1. The largest absolute Gasteiger partial charge is 0.353 e. The first-order chi connectivity index (χ1) is 9.06. The molecule has 19 heavy (non-hydrogen) atoms. The summed E-state index contributed by atoms with van der Waals surface area (Å²) in [7, 11) is 0. The monoisotopic (exact) mass is 268 g/mol. The lowest BCUT2D eigenvalue weighted by Crippen LogP contribution is -2.57. The van der Waals surface area contributed by atoms with Crippen LogP contribution in [0.25, 0.3) is 0 Å². The fourth-order valence-electron chi connectivity index (χ4n) is 2.19. The molecule has 0 spiro atoms. The molecule has 1 N–H and O–H groups in total. The van der Waals surface area contributed by atoms with Crippen molar-refractivity contribution in [3.05, 3.63) is 35.4 Å². The van der Waals surface area contributed by atoms with Gasteiger partial charge in [-0.15, -0.1) is 0 Å². The number of halogens is 2. The van der Waals surface area contributed by atoms with E-state index in [2.05, 4.69) is 5.32 Å². The van der Waals surface area contributed by atoms with Gasteiger partial charge in [-0.3, -0.25) is 9.59 Å². The van der Waals surface area contributed by atoms with E-state index in [1.807, 2.05) is 0 Å². The van der Waals surface area contributed by atoms with Crippen LogP contribution in [-0.2, 0) is 4.79 Å². The van der Waals surface area contributed by atoms with Gasteiger partial charge in [0.05, 0.1) is 5.56 Å². The Morgan fingerprint density at radius 3 is 2.89 bits per heavy atom. The van der Waals surface area contributed by atoms with Crippen molar-refractivity contribution < 1.29 is 18.4 Å². The highest BCUT2D eigenvalue weighted by Gasteiger charge is 2.33. The molecule has 1 aromatic carbocycles. The van der Waals surface area contributed by atoms with E-state index in [0.717, 1.165) is 6.07 Å². The zero-order valence-electron chi connectivity index (χ0n) is 10.5. The Labute approximate surface area is 109 Å². The highest BCUT2D eigenvalue weighted by Crippen LogP contribution is 2.17. The maximum Gasteiger partial charge on any atom is 0.257 e. The van der Waals surface area contributed by atoms with Crippen molar-refractivity contribution in [1.82, 2.24) is 10.2 Å². The molecule has 1 aliphatic rings. The van der Waals surface area contributed by atoms with Gasteiger partial charge in [-0.1, -0.05) is 13.0 Å². The molecule has 1 fully saturated rings. The predicted molar refractivity (Wildman–Crippen MR) is 64.5 cm³/mol. The van der Waals surface area contributed by atoms with Crippen LogP contribution in [0.2, 0.25) is 0 Å². The van der Waals surface area contributed by atoms with E-state index in [-0.39, 0.29) is 11.5 Å². The summed E-state index contributed by atoms with van der Waals surface area (Å²) in [5.41, 5.74) is -0.340. The number of benzene rings is 1. The lowest BCUT2D eigenvalue weighted by Gasteiger charge is -2.34. The van der Waals surface area contributed by atoms with Crippen LogP contribution in [0.4, 0.5) is 8.78 Å². The second-order valence-electron chi connectivity index (χ2n) is 4.31. The zero-order chi connectivity index (χ0) is 14.0. The summed E-state index contributed by atoms with van der Waals surface area (Å²) < 4.78 is 26.7. The van der Waals surface area contributed by atoms with Gasteiger partial charge in [-0.2, -0.15) is 0 Å². The highest BCUT2D eigenvalue weighted by atomic mass is 19.2. The number of carbonyl (C=O) groups is 2. The highest BCUT2D eigenvalue weighted by molar-refractivity contribution is 5.98. The molecule has 0 bridgehead atoms. The molecule has 0 saturated carbocycles. The molecule has 2 amide bonds. The summed E-state index contributed by atoms with van der Waals surface area (Å²) in [6.07, 6.45) is 0.425. The maximum absolute atomic E-state index is 13.6. The molecule has 0 aromatic heterocycles. The normalized spacial score (nSPS) is 19.2. The molecular weight excluding hydrogens is 254 g/mol. The number of rotatable bonds is 2. The molecule has 0 radical (unpaired) electrons. The molecule has 1 aromatic rings. The van der Waals surface area contributed by atoms with Crippen molar-refractivity contribution in [1.29, 1.82) is 0 Å². The average Bonchev–Trinajstić information content (AvgIpc) is 2.41. The van der Waals surface area contributed by atoms with Crippen LogP contribution in [0, 0.1) is 11.6 Å². The smallest absolute Gasteiger partial charge is 0.257 e. The van der Waals surface area contributed by atoms with E-state index in [0.29, 0.717) is 19.5 Å². The summed E-state index contributed by atoms with van der Waals surface area (Å²) in [6, 6.07) is 2.81. The number of carbonyl (C=O) groups excluding carboxylic acids is 2. The third-order valence-electron chi connectivity index (χ3n) is 3.16. The Hall–Kier alpha value is -1.98. The lowest BCUT2D eigenvalue weighted by molar-refractivity contribution is -0.127. The van der Waals surface area contributed by atoms with Gasteiger partial charge in [0, 0.05) is 13.1 Å². The van der Waals surface area contributed by atoms with Crippen LogP contribution in [0.15, 0.2) is 18.2 Å². The van der Waals surface area contributed by atoms with E-state index in [9.17, 15) is 18.4 Å². The molecule has 1 saturated heterocycles. The molecule has 2 rings (SSSR count). The van der Waals surface area contributed by atoms with E-state index >= 15 is 0 Å². The third kappa shape index (κ3) is 2.43. The Morgan fingerprint density at radius 2 is 2.21 bits per heavy atom. The molecule has 1 heterocycles. The van der Waals surface area contributed by atoms with Crippen LogP contribution in [-0.4, -0.2) is 35.8 Å². The molecule has 6 heteroatoms. The second kappa shape index (κ2) is 5.34. The fourth-order valence-corrected chi connectivity index (χ4v) is 2.19. The Kier molecular flexibility index (Phi) is 3.78. The molecular formula is C13H14F2N2O2. The molecule has 1 atom stereocenters. The van der Waals surface area contributed by atoms with Crippen molar-refractivity contribution in [2.24, 2.45) is 0 Å². The maximum atomic E-state index is 13.6. The van der Waals surface area contributed by atoms with Crippen LogP contribution in [0.3, 0.4) is 0 Å². The first-order valence-electron chi connectivity index (χ1n) is 6.09. The Bertz CT molecular complexity index is 519. The lowest BCUT2D eigenvalue weighted by atomic mass is 10.1. The van der Waals surface area contributed by atoms with Crippen LogP contribution >= 0.6 is 0 Å². The quantitative estimate of drug-likeness (QED) is 0.879. The van der Waals surface area contributed by atoms with Gasteiger partial charge in [0.25, 0.3) is 5.91 Å². The van der Waals surface area contributed by atoms with Crippen molar-refractivity contribution >= 4 is 11.8 Å². The van der Waals surface area contributed by atoms with E-state index in [4.69, 9.17) is 0 Å². The first-order valence-corrected chi connectivity index (χ1v) is 6.09. The van der Waals surface area contributed by atoms with Crippen LogP contribution in [0.5, 0.6) is 0 Å². The summed E-state index contributed by atoms with van der Waals surface area (Å²) in [5.74, 6) is -3.16. The number of nitrogens with zero attached hydrogens (tertiary/aromatic N) is 1. The minimum Gasteiger partial charge on any atom is -0.353 e. The Balaban J connectivity index is 2.32. The fraction of sp³-hybridized carbons (Fsp3) is 0.385. The van der Waals surface area contributed by atoms with E-state index < -0.39 is 23.6 Å². The topological polar surface area (TPSA) is 49.4 Å².